The molecule has 0 bridgehead atoms. The van der Waals surface area contributed by atoms with Gasteiger partial charge in [-0.1, -0.05) is 11.8 Å². The normalized spacial score (nSPS) is 12.1. The van der Waals surface area contributed by atoms with Crippen molar-refractivity contribution in [2.75, 3.05) is 37.9 Å². The van der Waals surface area contributed by atoms with Crippen LogP contribution in [0.15, 0.2) is 22.4 Å². The second-order valence-electron chi connectivity index (χ2n) is 4.65. The number of thioether (sulfide) groups is 1. The fraction of sp³-hybridized carbons (Fsp3) is 0.538. The van der Waals surface area contributed by atoms with Crippen LogP contribution in [0.5, 0.6) is 0 Å². The SMILES string of the molecule is COCC(=O)NCCCSc1nccc(NC(N)=NCC(F)(F)F)n1. The maximum absolute atomic E-state index is 12.1. The van der Waals surface area contributed by atoms with Crippen LogP contribution in [0.4, 0.5) is 19.0 Å². The van der Waals surface area contributed by atoms with E-state index in [9.17, 15) is 18.0 Å². The molecule has 4 N–H and O–H groups in total. The molecular weight excluding hydrogens is 361 g/mol. The van der Waals surface area contributed by atoms with Gasteiger partial charge in [-0.25, -0.2) is 15.0 Å². The number of hydrogen-bond acceptors (Lipinski definition) is 6. The van der Waals surface area contributed by atoms with Gasteiger partial charge in [0.25, 0.3) is 0 Å². The molecule has 0 aliphatic heterocycles. The van der Waals surface area contributed by atoms with E-state index >= 15 is 0 Å². The molecule has 1 heterocycles. The van der Waals surface area contributed by atoms with E-state index in [0.717, 1.165) is 0 Å². The van der Waals surface area contributed by atoms with Gasteiger partial charge in [-0.15, -0.1) is 0 Å². The zero-order valence-corrected chi connectivity index (χ0v) is 14.3. The van der Waals surface area contributed by atoms with Crippen molar-refractivity contribution >= 4 is 29.4 Å². The largest absolute Gasteiger partial charge is 0.408 e. The van der Waals surface area contributed by atoms with Crippen LogP contribution in [0.2, 0.25) is 0 Å². The molecule has 12 heteroatoms. The van der Waals surface area contributed by atoms with Crippen LogP contribution < -0.4 is 16.4 Å². The van der Waals surface area contributed by atoms with Crippen LogP contribution in [0.3, 0.4) is 0 Å². The number of guanidine groups is 1. The van der Waals surface area contributed by atoms with E-state index < -0.39 is 12.7 Å². The molecule has 0 unspecified atom stereocenters. The lowest BCUT2D eigenvalue weighted by atomic mass is 10.4. The molecule has 0 saturated heterocycles. The molecule has 0 aliphatic carbocycles. The monoisotopic (exact) mass is 380 g/mol. The Kier molecular flexibility index (Phi) is 8.99. The number of carbonyl (C=O) groups is 1. The van der Waals surface area contributed by atoms with Crippen LogP contribution in [0.25, 0.3) is 0 Å². The Balaban J connectivity index is 2.38. The van der Waals surface area contributed by atoms with E-state index in [4.69, 9.17) is 5.73 Å². The Hall–Kier alpha value is -2.08. The Morgan fingerprint density at radius 1 is 1.48 bits per heavy atom. The summed E-state index contributed by atoms with van der Waals surface area (Å²) in [5.74, 6) is 0.319. The van der Waals surface area contributed by atoms with Crippen molar-refractivity contribution < 1.29 is 22.7 Å². The van der Waals surface area contributed by atoms with Crippen LogP contribution in [0, 0.1) is 0 Å². The lowest BCUT2D eigenvalue weighted by Gasteiger charge is -2.07. The maximum Gasteiger partial charge on any atom is 0.408 e. The molecular formula is C13H19F3N6O2S. The van der Waals surface area contributed by atoms with E-state index in [1.807, 2.05) is 0 Å². The first-order valence-corrected chi connectivity index (χ1v) is 8.14. The van der Waals surface area contributed by atoms with E-state index in [0.29, 0.717) is 23.9 Å². The van der Waals surface area contributed by atoms with Crippen molar-refractivity contribution in [2.24, 2.45) is 10.7 Å². The molecule has 0 spiro atoms. The minimum absolute atomic E-state index is 0.0152. The van der Waals surface area contributed by atoms with Crippen molar-refractivity contribution in [2.45, 2.75) is 17.8 Å². The van der Waals surface area contributed by atoms with Gasteiger partial charge < -0.3 is 21.1 Å². The number of nitrogens with one attached hydrogen (secondary N) is 2. The highest BCUT2D eigenvalue weighted by molar-refractivity contribution is 7.99. The van der Waals surface area contributed by atoms with Crippen molar-refractivity contribution in [3.63, 3.8) is 0 Å². The van der Waals surface area contributed by atoms with E-state index in [1.54, 1.807) is 0 Å². The van der Waals surface area contributed by atoms with Gasteiger partial charge in [0.05, 0.1) is 0 Å². The highest BCUT2D eigenvalue weighted by atomic mass is 32.2. The number of nitrogens with zero attached hydrogens (tertiary/aromatic N) is 3. The Labute approximate surface area is 146 Å². The first-order valence-electron chi connectivity index (χ1n) is 7.15. The molecule has 25 heavy (non-hydrogen) atoms. The van der Waals surface area contributed by atoms with Crippen LogP contribution in [-0.4, -0.2) is 60.6 Å². The number of halogens is 3. The first kappa shape index (κ1) is 21.0. The number of aliphatic imine (C=N–C) groups is 1. The number of rotatable bonds is 9. The van der Waals surface area contributed by atoms with Gasteiger partial charge in [-0.2, -0.15) is 13.2 Å². The van der Waals surface area contributed by atoms with Crippen molar-refractivity contribution in [3.8, 4) is 0 Å². The number of amides is 1. The van der Waals surface area contributed by atoms with Crippen molar-refractivity contribution in [1.29, 1.82) is 0 Å². The maximum atomic E-state index is 12.1. The third-order valence-electron chi connectivity index (χ3n) is 2.47. The van der Waals surface area contributed by atoms with Gasteiger partial charge in [0.1, 0.15) is 19.0 Å². The summed E-state index contributed by atoms with van der Waals surface area (Å²) in [6.45, 7) is -0.862. The third kappa shape index (κ3) is 10.4. The minimum atomic E-state index is -4.42. The van der Waals surface area contributed by atoms with E-state index in [-0.39, 0.29) is 24.3 Å². The van der Waals surface area contributed by atoms with Gasteiger partial charge in [-0.05, 0) is 12.5 Å². The van der Waals surface area contributed by atoms with Crippen LogP contribution in [-0.2, 0) is 9.53 Å². The molecule has 1 amide bonds. The number of ether oxygens (including phenoxy) is 1. The lowest BCUT2D eigenvalue weighted by molar-refractivity contribution is -0.124. The van der Waals surface area contributed by atoms with Crippen molar-refractivity contribution in [1.82, 2.24) is 15.3 Å². The first-order chi connectivity index (χ1) is 11.8. The summed E-state index contributed by atoms with van der Waals surface area (Å²) >= 11 is 1.34. The Morgan fingerprint density at radius 3 is 2.92 bits per heavy atom. The molecule has 0 atom stereocenters. The summed E-state index contributed by atoms with van der Waals surface area (Å²) in [7, 11) is 1.44. The second kappa shape index (κ2) is 10.7. The van der Waals surface area contributed by atoms with Crippen LogP contribution in [0.1, 0.15) is 6.42 Å². The van der Waals surface area contributed by atoms with Gasteiger partial charge >= 0.3 is 6.18 Å². The molecule has 1 rings (SSSR count). The van der Waals surface area contributed by atoms with E-state index in [1.165, 1.54) is 31.1 Å². The number of carbonyl (C=O) groups excluding carboxylic acids is 1. The molecule has 0 aliphatic rings. The predicted molar refractivity (Wildman–Crippen MR) is 88.4 cm³/mol. The number of hydrogen-bond donors (Lipinski definition) is 3. The standard InChI is InChI=1S/C13H19F3N6O2S/c1-24-7-10(23)18-4-2-6-25-12-19-5-3-9(22-12)21-11(17)20-8-13(14,15)16/h3,5H,2,4,6-8H2,1H3,(H,18,23)(H3,17,19,20,21,22). The molecule has 140 valence electrons. The summed E-state index contributed by atoms with van der Waals surface area (Å²) in [6, 6.07) is 1.46. The van der Waals surface area contributed by atoms with E-state index in [2.05, 4.69) is 30.3 Å². The summed E-state index contributed by atoms with van der Waals surface area (Å²) in [4.78, 5) is 22.5. The highest BCUT2D eigenvalue weighted by Crippen LogP contribution is 2.16. The molecule has 1 aromatic heterocycles. The Bertz CT molecular complexity index is 585. The molecule has 0 aromatic carbocycles. The number of methoxy groups -OCH3 is 1. The predicted octanol–water partition coefficient (Wildman–Crippen LogP) is 1.01. The van der Waals surface area contributed by atoms with Crippen molar-refractivity contribution in [3.05, 3.63) is 12.3 Å². The van der Waals surface area contributed by atoms with Gasteiger partial charge in [-0.3, -0.25) is 4.79 Å². The Morgan fingerprint density at radius 2 is 2.24 bits per heavy atom. The zero-order chi connectivity index (χ0) is 18.7. The van der Waals surface area contributed by atoms with Gasteiger partial charge in [0, 0.05) is 25.6 Å². The third-order valence-corrected chi connectivity index (χ3v) is 3.42. The zero-order valence-electron chi connectivity index (χ0n) is 13.5. The number of nitrogens with two attached hydrogens (primary N) is 1. The summed E-state index contributed by atoms with van der Waals surface area (Å²) in [6.07, 6.45) is -2.27. The average molecular weight is 380 g/mol. The van der Waals surface area contributed by atoms with Gasteiger partial charge in [0.2, 0.25) is 5.91 Å². The molecule has 0 radical (unpaired) electrons. The molecule has 0 fully saturated rings. The number of alkyl halides is 3. The molecule has 1 aromatic rings. The number of anilines is 1. The minimum Gasteiger partial charge on any atom is -0.375 e. The summed E-state index contributed by atoms with van der Waals surface area (Å²) < 4.78 is 40.9. The summed E-state index contributed by atoms with van der Waals surface area (Å²) in [5.41, 5.74) is 5.38. The highest BCUT2D eigenvalue weighted by Gasteiger charge is 2.26. The fourth-order valence-corrected chi connectivity index (χ4v) is 2.24. The topological polar surface area (TPSA) is 115 Å². The van der Waals surface area contributed by atoms with Crippen LogP contribution >= 0.6 is 11.8 Å². The quantitative estimate of drug-likeness (QED) is 0.193. The molecule has 8 nitrogen and oxygen atoms in total. The van der Waals surface area contributed by atoms with Gasteiger partial charge in [0.15, 0.2) is 11.1 Å². The average Bonchev–Trinajstić information content (AvgIpc) is 2.53. The second-order valence-corrected chi connectivity index (χ2v) is 5.71. The summed E-state index contributed by atoms with van der Waals surface area (Å²) in [5, 5.41) is 5.58. The number of aromatic nitrogens is 2. The molecule has 0 saturated carbocycles. The lowest BCUT2D eigenvalue weighted by Crippen LogP contribution is -2.28. The smallest absolute Gasteiger partial charge is 0.375 e. The fourth-order valence-electron chi connectivity index (χ4n) is 1.47.